The van der Waals surface area contributed by atoms with E-state index in [9.17, 15) is 0 Å². The van der Waals surface area contributed by atoms with Gasteiger partial charge in [-0.05, 0) is 86.8 Å². The minimum absolute atomic E-state index is 0.233. The lowest BCUT2D eigenvalue weighted by molar-refractivity contribution is -0.118. The summed E-state index contributed by atoms with van der Waals surface area (Å²) in [5.41, 5.74) is 2.87. The van der Waals surface area contributed by atoms with Gasteiger partial charge in [0.25, 0.3) is 0 Å². The summed E-state index contributed by atoms with van der Waals surface area (Å²) in [5, 5.41) is 4.02. The molecule has 4 aliphatic carbocycles. The number of rotatable bonds is 5. The molecule has 24 heavy (non-hydrogen) atoms. The molecule has 0 saturated heterocycles. The molecule has 0 spiro atoms. The summed E-state index contributed by atoms with van der Waals surface area (Å²) in [5.74, 6) is 1.94. The van der Waals surface area contributed by atoms with Gasteiger partial charge in [-0.3, -0.25) is 0 Å². The van der Waals surface area contributed by atoms with Crippen LogP contribution in [0.2, 0.25) is 0 Å². The molecule has 5 rings (SSSR count). The van der Waals surface area contributed by atoms with Gasteiger partial charge in [-0.2, -0.15) is 0 Å². The van der Waals surface area contributed by atoms with Crippen molar-refractivity contribution in [1.29, 1.82) is 0 Å². The summed E-state index contributed by atoms with van der Waals surface area (Å²) in [6, 6.07) is 8.62. The molecule has 132 valence electrons. The number of benzene rings is 1. The predicted octanol–water partition coefficient (Wildman–Crippen LogP) is 5.31. The van der Waals surface area contributed by atoms with Crippen molar-refractivity contribution in [2.45, 2.75) is 84.4 Å². The van der Waals surface area contributed by atoms with Crippen molar-refractivity contribution in [3.05, 3.63) is 29.8 Å². The van der Waals surface area contributed by atoms with Crippen LogP contribution in [0.15, 0.2) is 24.3 Å². The molecular weight excluding hydrogens is 294 g/mol. The van der Waals surface area contributed by atoms with Gasteiger partial charge in [0.2, 0.25) is 0 Å². The second kappa shape index (κ2) is 5.49. The number of nitrogens with one attached hydrogen (secondary N) is 1. The maximum atomic E-state index is 5.85. The van der Waals surface area contributed by atoms with Crippen LogP contribution in [0.1, 0.15) is 71.8 Å². The van der Waals surface area contributed by atoms with Crippen molar-refractivity contribution < 1.29 is 4.74 Å². The zero-order chi connectivity index (χ0) is 17.0. The van der Waals surface area contributed by atoms with Gasteiger partial charge < -0.3 is 10.1 Å². The van der Waals surface area contributed by atoms with Gasteiger partial charge in [0.05, 0.1) is 6.10 Å². The molecule has 0 heterocycles. The standard InChI is InChI=1S/C22H33NO/c1-16(2)24-19-7-5-6-17(8-19)12-23-22-11-18-9-20(3,14-22)13-21(4,10-18)15-22/h5-8,16,18,23H,9-15H2,1-4H3/t18?,20-,21+,22?. The molecule has 1 aromatic carbocycles. The highest BCUT2D eigenvalue weighted by atomic mass is 16.5. The van der Waals surface area contributed by atoms with Crippen LogP contribution in [0.25, 0.3) is 0 Å². The minimum Gasteiger partial charge on any atom is -0.491 e. The van der Waals surface area contributed by atoms with Gasteiger partial charge in [-0.1, -0.05) is 26.0 Å². The van der Waals surface area contributed by atoms with Gasteiger partial charge in [0.15, 0.2) is 0 Å². The van der Waals surface area contributed by atoms with Crippen LogP contribution >= 0.6 is 0 Å². The second-order valence-electron chi connectivity index (χ2n) is 10.1. The van der Waals surface area contributed by atoms with Crippen LogP contribution < -0.4 is 10.1 Å². The van der Waals surface area contributed by atoms with E-state index in [0.717, 1.165) is 18.2 Å². The normalized spacial score (nSPS) is 40.3. The van der Waals surface area contributed by atoms with E-state index in [2.05, 4.69) is 57.3 Å². The molecule has 4 saturated carbocycles. The Morgan fingerprint density at radius 3 is 2.42 bits per heavy atom. The lowest BCUT2D eigenvalue weighted by Gasteiger charge is -2.65. The van der Waals surface area contributed by atoms with Gasteiger partial charge in [0, 0.05) is 12.1 Å². The molecule has 0 aromatic heterocycles. The zero-order valence-electron chi connectivity index (χ0n) is 15.8. The average Bonchev–Trinajstić information content (AvgIpc) is 2.41. The Kier molecular flexibility index (Phi) is 3.76. The quantitative estimate of drug-likeness (QED) is 0.791. The molecule has 0 amide bonds. The summed E-state index contributed by atoms with van der Waals surface area (Å²) in [6.45, 7) is 10.2. The van der Waals surface area contributed by atoms with Crippen LogP contribution in [0.3, 0.4) is 0 Å². The van der Waals surface area contributed by atoms with E-state index in [1.165, 1.54) is 44.1 Å². The first-order valence-electron chi connectivity index (χ1n) is 9.78. The van der Waals surface area contributed by atoms with E-state index in [1.54, 1.807) is 0 Å². The zero-order valence-corrected chi connectivity index (χ0v) is 15.8. The Labute approximate surface area is 147 Å². The molecule has 4 aliphatic rings. The Bertz CT molecular complexity index is 604. The number of hydrogen-bond acceptors (Lipinski definition) is 2. The molecule has 1 N–H and O–H groups in total. The third kappa shape index (κ3) is 3.10. The Morgan fingerprint density at radius 2 is 1.79 bits per heavy atom. The molecule has 2 unspecified atom stereocenters. The fraction of sp³-hybridized carbons (Fsp3) is 0.727. The lowest BCUT2D eigenvalue weighted by Crippen LogP contribution is -2.63. The van der Waals surface area contributed by atoms with Crippen molar-refractivity contribution in [3.8, 4) is 5.75 Å². The van der Waals surface area contributed by atoms with E-state index >= 15 is 0 Å². The highest BCUT2D eigenvalue weighted by Crippen LogP contribution is 2.66. The second-order valence-corrected chi connectivity index (χ2v) is 10.1. The van der Waals surface area contributed by atoms with E-state index in [4.69, 9.17) is 4.74 Å². The first-order chi connectivity index (χ1) is 11.3. The van der Waals surface area contributed by atoms with Gasteiger partial charge in [-0.15, -0.1) is 0 Å². The van der Waals surface area contributed by atoms with Crippen molar-refractivity contribution >= 4 is 0 Å². The maximum absolute atomic E-state index is 5.85. The highest BCUT2D eigenvalue weighted by Gasteiger charge is 2.59. The van der Waals surface area contributed by atoms with Crippen LogP contribution in [-0.4, -0.2) is 11.6 Å². The van der Waals surface area contributed by atoms with Crippen molar-refractivity contribution in [3.63, 3.8) is 0 Å². The smallest absolute Gasteiger partial charge is 0.120 e. The first kappa shape index (κ1) is 16.4. The number of hydrogen-bond donors (Lipinski definition) is 1. The maximum Gasteiger partial charge on any atom is 0.120 e. The van der Waals surface area contributed by atoms with Crippen molar-refractivity contribution in [1.82, 2.24) is 5.32 Å². The van der Waals surface area contributed by atoms with Crippen LogP contribution in [0, 0.1) is 16.7 Å². The third-order valence-corrected chi connectivity index (χ3v) is 6.56. The molecule has 1 aromatic rings. The van der Waals surface area contributed by atoms with Gasteiger partial charge in [-0.25, -0.2) is 0 Å². The predicted molar refractivity (Wildman–Crippen MR) is 99.2 cm³/mol. The number of ether oxygens (including phenoxy) is 1. The van der Waals surface area contributed by atoms with E-state index < -0.39 is 0 Å². The topological polar surface area (TPSA) is 21.3 Å². The summed E-state index contributed by atoms with van der Waals surface area (Å²) in [7, 11) is 0. The Morgan fingerprint density at radius 1 is 1.08 bits per heavy atom. The summed E-state index contributed by atoms with van der Waals surface area (Å²) >= 11 is 0. The van der Waals surface area contributed by atoms with Gasteiger partial charge >= 0.3 is 0 Å². The fourth-order valence-corrected chi connectivity index (χ4v) is 6.94. The molecule has 0 aliphatic heterocycles. The molecule has 4 atom stereocenters. The molecular formula is C22H33NO. The molecule has 4 bridgehead atoms. The average molecular weight is 328 g/mol. The molecule has 0 radical (unpaired) electrons. The minimum atomic E-state index is 0.233. The van der Waals surface area contributed by atoms with Crippen LogP contribution in [0.5, 0.6) is 5.75 Å². The highest BCUT2D eigenvalue weighted by molar-refractivity contribution is 5.29. The van der Waals surface area contributed by atoms with E-state index in [-0.39, 0.29) is 6.10 Å². The molecule has 4 fully saturated rings. The molecule has 2 heteroatoms. The largest absolute Gasteiger partial charge is 0.491 e. The summed E-state index contributed by atoms with van der Waals surface area (Å²) in [4.78, 5) is 0. The van der Waals surface area contributed by atoms with Crippen molar-refractivity contribution in [2.24, 2.45) is 16.7 Å². The van der Waals surface area contributed by atoms with Crippen LogP contribution in [0.4, 0.5) is 0 Å². The molecule has 2 nitrogen and oxygen atoms in total. The monoisotopic (exact) mass is 327 g/mol. The fourth-order valence-electron chi connectivity index (χ4n) is 6.94. The first-order valence-corrected chi connectivity index (χ1v) is 9.78. The Balaban J connectivity index is 1.48. The Hall–Kier alpha value is -1.02. The SMILES string of the molecule is CC(C)Oc1cccc(CNC23CC4C[C@@](C)(C2)C[C@](C)(C4)C3)c1. The van der Waals surface area contributed by atoms with Crippen LogP contribution in [-0.2, 0) is 6.54 Å². The third-order valence-electron chi connectivity index (χ3n) is 6.56. The van der Waals surface area contributed by atoms with Gasteiger partial charge in [0.1, 0.15) is 5.75 Å². The van der Waals surface area contributed by atoms with Crippen molar-refractivity contribution in [2.75, 3.05) is 0 Å². The lowest BCUT2D eigenvalue weighted by atomic mass is 9.43. The van der Waals surface area contributed by atoms with E-state index in [0.29, 0.717) is 16.4 Å². The summed E-state index contributed by atoms with van der Waals surface area (Å²) < 4.78 is 5.85. The summed E-state index contributed by atoms with van der Waals surface area (Å²) in [6.07, 6.45) is 8.73. The van der Waals surface area contributed by atoms with E-state index in [1.807, 2.05) is 0 Å².